The van der Waals surface area contributed by atoms with Gasteiger partial charge in [-0.05, 0) is 56.3 Å². The van der Waals surface area contributed by atoms with Gasteiger partial charge in [-0.3, -0.25) is 4.79 Å². The van der Waals surface area contributed by atoms with Gasteiger partial charge in [-0.15, -0.1) is 0 Å². The normalized spacial score (nSPS) is 31.1. The summed E-state index contributed by atoms with van der Waals surface area (Å²) >= 11 is 0. The van der Waals surface area contributed by atoms with Gasteiger partial charge in [0.05, 0.1) is 6.33 Å². The molecule has 0 heterocycles. The Kier molecular flexibility index (Phi) is 5.40. The molecule has 2 aliphatic carbocycles. The van der Waals surface area contributed by atoms with Gasteiger partial charge in [-0.2, -0.15) is 0 Å². The molecule has 2 fully saturated rings. The van der Waals surface area contributed by atoms with Crippen molar-refractivity contribution in [3.8, 4) is 0 Å². The highest BCUT2D eigenvalue weighted by molar-refractivity contribution is 5.79. The molecule has 2 saturated carbocycles. The Hall–Kier alpha value is -0.660. The van der Waals surface area contributed by atoms with Crippen molar-refractivity contribution < 1.29 is 9.18 Å². The molecule has 0 atom stereocenters. The minimum atomic E-state index is 0.470. The molecule has 0 saturated heterocycles. The summed E-state index contributed by atoms with van der Waals surface area (Å²) in [6.07, 6.45) is 13.6. The van der Waals surface area contributed by atoms with E-state index in [0.717, 1.165) is 56.3 Å². The number of allylic oxidation sites excluding steroid dienone is 1. The molecule has 0 aromatic rings. The highest BCUT2D eigenvalue weighted by atomic mass is 19.1. The molecule has 0 aromatic heterocycles. The van der Waals surface area contributed by atoms with Crippen LogP contribution in [0.5, 0.6) is 0 Å². The lowest BCUT2D eigenvalue weighted by Crippen LogP contribution is -2.25. The second kappa shape index (κ2) is 7.06. The summed E-state index contributed by atoms with van der Waals surface area (Å²) in [7, 11) is 0. The SMILES string of the molecule is O=C1CCC(C2CCC(CCC=CF)CC2)CC1. The van der Waals surface area contributed by atoms with Crippen molar-refractivity contribution in [1.82, 2.24) is 0 Å². The van der Waals surface area contributed by atoms with Gasteiger partial charge in [-0.1, -0.05) is 18.9 Å². The third-order valence-electron chi connectivity index (χ3n) is 4.98. The number of Topliss-reactive ketones (excluding diaryl/α,β-unsaturated/α-hetero) is 1. The first-order chi connectivity index (χ1) is 8.79. The number of hydrogen-bond donors (Lipinski definition) is 0. The van der Waals surface area contributed by atoms with Crippen molar-refractivity contribution in [2.75, 3.05) is 0 Å². The fraction of sp³-hybridized carbons (Fsp3) is 0.812. The van der Waals surface area contributed by atoms with Gasteiger partial charge in [0.25, 0.3) is 0 Å². The molecule has 0 radical (unpaired) electrons. The molecule has 0 bridgehead atoms. The lowest BCUT2D eigenvalue weighted by molar-refractivity contribution is -0.121. The van der Waals surface area contributed by atoms with Crippen LogP contribution in [0.1, 0.15) is 64.2 Å². The van der Waals surface area contributed by atoms with E-state index < -0.39 is 0 Å². The van der Waals surface area contributed by atoms with E-state index in [0.29, 0.717) is 12.1 Å². The van der Waals surface area contributed by atoms with Crippen LogP contribution in [0.25, 0.3) is 0 Å². The van der Waals surface area contributed by atoms with Crippen molar-refractivity contribution in [2.24, 2.45) is 17.8 Å². The third-order valence-corrected chi connectivity index (χ3v) is 4.98. The van der Waals surface area contributed by atoms with E-state index in [1.165, 1.54) is 25.7 Å². The zero-order valence-corrected chi connectivity index (χ0v) is 11.2. The Morgan fingerprint density at radius 3 is 2.22 bits per heavy atom. The van der Waals surface area contributed by atoms with E-state index in [2.05, 4.69) is 0 Å². The van der Waals surface area contributed by atoms with E-state index in [9.17, 15) is 9.18 Å². The van der Waals surface area contributed by atoms with Gasteiger partial charge in [-0.25, -0.2) is 4.39 Å². The maximum absolute atomic E-state index is 11.9. The second-order valence-electron chi connectivity index (χ2n) is 6.10. The van der Waals surface area contributed by atoms with Crippen LogP contribution in [0, 0.1) is 17.8 Å². The number of halogens is 1. The van der Waals surface area contributed by atoms with Gasteiger partial charge < -0.3 is 0 Å². The Balaban J connectivity index is 1.68. The largest absolute Gasteiger partial charge is 0.300 e. The van der Waals surface area contributed by atoms with E-state index in [1.807, 2.05) is 0 Å². The molecule has 2 heteroatoms. The average Bonchev–Trinajstić information content (AvgIpc) is 2.41. The summed E-state index contributed by atoms with van der Waals surface area (Å²) in [6, 6.07) is 0. The molecule has 0 aromatic carbocycles. The molecular weight excluding hydrogens is 227 g/mol. The summed E-state index contributed by atoms with van der Waals surface area (Å²) in [6.45, 7) is 0. The lowest BCUT2D eigenvalue weighted by atomic mass is 9.70. The zero-order chi connectivity index (χ0) is 12.8. The molecule has 102 valence electrons. The average molecular weight is 252 g/mol. The van der Waals surface area contributed by atoms with Gasteiger partial charge in [0.1, 0.15) is 5.78 Å². The van der Waals surface area contributed by atoms with E-state index in [1.54, 1.807) is 6.08 Å². The highest BCUT2D eigenvalue weighted by Crippen LogP contribution is 2.40. The molecule has 0 amide bonds. The van der Waals surface area contributed by atoms with Crippen molar-refractivity contribution in [2.45, 2.75) is 64.2 Å². The molecule has 2 rings (SSSR count). The van der Waals surface area contributed by atoms with E-state index in [-0.39, 0.29) is 0 Å². The molecular formula is C16H25FO. The zero-order valence-electron chi connectivity index (χ0n) is 11.2. The Morgan fingerprint density at radius 1 is 1.00 bits per heavy atom. The first-order valence-electron chi connectivity index (χ1n) is 7.56. The van der Waals surface area contributed by atoms with Crippen LogP contribution in [0.4, 0.5) is 4.39 Å². The molecule has 0 spiro atoms. The predicted molar refractivity (Wildman–Crippen MR) is 71.9 cm³/mol. The Bertz CT molecular complexity index is 279. The first kappa shape index (κ1) is 13.8. The van der Waals surface area contributed by atoms with Gasteiger partial charge in [0.15, 0.2) is 0 Å². The highest BCUT2D eigenvalue weighted by Gasteiger charge is 2.29. The summed E-state index contributed by atoms with van der Waals surface area (Å²) < 4.78 is 11.9. The molecule has 0 N–H and O–H groups in total. The summed E-state index contributed by atoms with van der Waals surface area (Å²) in [4.78, 5) is 11.3. The number of carbonyl (C=O) groups excluding carboxylic acids is 1. The van der Waals surface area contributed by atoms with Crippen LogP contribution in [0.15, 0.2) is 12.4 Å². The van der Waals surface area contributed by atoms with Crippen molar-refractivity contribution in [3.63, 3.8) is 0 Å². The molecule has 2 aliphatic rings. The fourth-order valence-corrected chi connectivity index (χ4v) is 3.78. The summed E-state index contributed by atoms with van der Waals surface area (Å²) in [5, 5.41) is 0. The van der Waals surface area contributed by atoms with Crippen molar-refractivity contribution in [3.05, 3.63) is 12.4 Å². The summed E-state index contributed by atoms with van der Waals surface area (Å²) in [5.74, 6) is 2.96. The molecule has 1 nitrogen and oxygen atoms in total. The van der Waals surface area contributed by atoms with E-state index >= 15 is 0 Å². The number of hydrogen-bond acceptors (Lipinski definition) is 1. The third kappa shape index (κ3) is 3.93. The predicted octanol–water partition coefficient (Wildman–Crippen LogP) is 4.82. The molecule has 0 aliphatic heterocycles. The summed E-state index contributed by atoms with van der Waals surface area (Å²) in [5.41, 5.74) is 0. The van der Waals surface area contributed by atoms with Crippen LogP contribution in [-0.2, 0) is 4.79 Å². The van der Waals surface area contributed by atoms with Gasteiger partial charge in [0.2, 0.25) is 0 Å². The van der Waals surface area contributed by atoms with Crippen molar-refractivity contribution >= 4 is 5.78 Å². The number of carbonyl (C=O) groups is 1. The van der Waals surface area contributed by atoms with Crippen LogP contribution in [0.2, 0.25) is 0 Å². The maximum atomic E-state index is 11.9. The van der Waals surface area contributed by atoms with E-state index in [4.69, 9.17) is 0 Å². The number of ketones is 1. The topological polar surface area (TPSA) is 17.1 Å². The lowest BCUT2D eigenvalue weighted by Gasteiger charge is -2.35. The Morgan fingerprint density at radius 2 is 1.61 bits per heavy atom. The fourth-order valence-electron chi connectivity index (χ4n) is 3.78. The quantitative estimate of drug-likeness (QED) is 0.701. The van der Waals surface area contributed by atoms with Crippen LogP contribution in [-0.4, -0.2) is 5.78 Å². The monoisotopic (exact) mass is 252 g/mol. The number of rotatable bonds is 4. The smallest absolute Gasteiger partial charge is 0.132 e. The molecule has 18 heavy (non-hydrogen) atoms. The molecule has 0 unspecified atom stereocenters. The maximum Gasteiger partial charge on any atom is 0.132 e. The Labute approximate surface area is 110 Å². The van der Waals surface area contributed by atoms with Crippen molar-refractivity contribution in [1.29, 1.82) is 0 Å². The standard InChI is InChI=1S/C16H25FO/c17-12-2-1-3-13-4-6-14(7-5-13)15-8-10-16(18)11-9-15/h2,12-15H,1,3-11H2. The van der Waals surface area contributed by atoms with Crippen LogP contribution >= 0.6 is 0 Å². The van der Waals surface area contributed by atoms with Crippen LogP contribution < -0.4 is 0 Å². The minimum absolute atomic E-state index is 0.470. The van der Waals surface area contributed by atoms with Gasteiger partial charge >= 0.3 is 0 Å². The minimum Gasteiger partial charge on any atom is -0.300 e. The second-order valence-corrected chi connectivity index (χ2v) is 6.10. The van der Waals surface area contributed by atoms with Crippen LogP contribution in [0.3, 0.4) is 0 Å². The first-order valence-corrected chi connectivity index (χ1v) is 7.56. The van der Waals surface area contributed by atoms with Gasteiger partial charge in [0, 0.05) is 12.8 Å².